The van der Waals surface area contributed by atoms with Crippen LogP contribution >= 0.6 is 0 Å². The van der Waals surface area contributed by atoms with Crippen LogP contribution in [0.15, 0.2) is 36.8 Å². The number of rotatable bonds is 2. The number of carbonyl (C=O) groups excluding carboxylic acids is 1. The van der Waals surface area contributed by atoms with E-state index in [1.807, 2.05) is 31.3 Å². The van der Waals surface area contributed by atoms with Crippen molar-refractivity contribution in [3.63, 3.8) is 0 Å². The topological polar surface area (TPSA) is 56.2 Å². The molecule has 0 saturated heterocycles. The van der Waals surface area contributed by atoms with Crippen LogP contribution < -0.4 is 10.1 Å². The van der Waals surface area contributed by atoms with Crippen LogP contribution in [0.1, 0.15) is 54.2 Å². The van der Waals surface area contributed by atoms with E-state index in [1.165, 1.54) is 12.8 Å². The molecule has 1 N–H and O–H groups in total. The average molecular weight is 311 g/mol. The fraction of sp³-hybridized carbons (Fsp3) is 0.444. The molecule has 5 nitrogen and oxygen atoms in total. The maximum absolute atomic E-state index is 12.6. The zero-order valence-corrected chi connectivity index (χ0v) is 13.3. The van der Waals surface area contributed by atoms with Gasteiger partial charge in [-0.1, -0.05) is 18.2 Å². The van der Waals surface area contributed by atoms with Gasteiger partial charge in [0.15, 0.2) is 0 Å². The first-order valence-corrected chi connectivity index (χ1v) is 8.22. The first-order chi connectivity index (χ1) is 11.2. The lowest BCUT2D eigenvalue weighted by Gasteiger charge is -2.40. The molecule has 1 atom stereocenters. The summed E-state index contributed by atoms with van der Waals surface area (Å²) in [6, 6.07) is 8.04. The summed E-state index contributed by atoms with van der Waals surface area (Å²) in [5.41, 5.74) is 1.54. The van der Waals surface area contributed by atoms with Gasteiger partial charge in [-0.15, -0.1) is 0 Å². The van der Waals surface area contributed by atoms with Crippen molar-refractivity contribution < 1.29 is 9.53 Å². The molecule has 4 rings (SSSR count). The van der Waals surface area contributed by atoms with Crippen LogP contribution in [0.4, 0.5) is 0 Å². The Balaban J connectivity index is 1.64. The van der Waals surface area contributed by atoms with Gasteiger partial charge in [-0.3, -0.25) is 4.79 Å². The van der Waals surface area contributed by atoms with Crippen molar-refractivity contribution in [2.24, 2.45) is 7.05 Å². The third-order valence-electron chi connectivity index (χ3n) is 5.07. The molecule has 5 heteroatoms. The Morgan fingerprint density at radius 2 is 2.13 bits per heavy atom. The van der Waals surface area contributed by atoms with Gasteiger partial charge in [0.2, 0.25) is 0 Å². The molecular weight excluding hydrogens is 290 g/mol. The molecule has 2 aromatic rings. The van der Waals surface area contributed by atoms with Crippen molar-refractivity contribution in [1.82, 2.24) is 14.9 Å². The third kappa shape index (κ3) is 2.50. The normalized spacial score (nSPS) is 21.7. The standard InChI is InChI=1S/C18H21N3O2/c1-21-12-19-11-15(21)17(22)20-14-10-18(8-4-5-9-18)23-16-7-3-2-6-13(14)16/h2-3,6-7,11-12,14H,4-5,8-10H2,1H3,(H,20,22)/t14-/m1/s1. The van der Waals surface area contributed by atoms with E-state index in [2.05, 4.69) is 10.3 Å². The first kappa shape index (κ1) is 14.3. The van der Waals surface area contributed by atoms with Crippen LogP contribution in [0.25, 0.3) is 0 Å². The summed E-state index contributed by atoms with van der Waals surface area (Å²) in [5, 5.41) is 3.19. The lowest BCUT2D eigenvalue weighted by atomic mass is 9.86. The molecular formula is C18H21N3O2. The molecule has 1 aromatic heterocycles. The molecule has 1 aromatic carbocycles. The molecule has 2 aliphatic rings. The predicted molar refractivity (Wildman–Crippen MR) is 86.3 cm³/mol. The lowest BCUT2D eigenvalue weighted by molar-refractivity contribution is 0.0359. The van der Waals surface area contributed by atoms with Crippen LogP contribution in [0.3, 0.4) is 0 Å². The number of imidazole rings is 1. The highest BCUT2D eigenvalue weighted by Crippen LogP contribution is 2.47. The van der Waals surface area contributed by atoms with E-state index in [4.69, 9.17) is 4.74 Å². The van der Waals surface area contributed by atoms with Gasteiger partial charge in [-0.05, 0) is 31.7 Å². The van der Waals surface area contributed by atoms with Gasteiger partial charge < -0.3 is 14.6 Å². The molecule has 1 amide bonds. The van der Waals surface area contributed by atoms with Gasteiger partial charge in [0, 0.05) is 19.0 Å². The minimum Gasteiger partial charge on any atom is -0.487 e. The first-order valence-electron chi connectivity index (χ1n) is 8.22. The number of carbonyl (C=O) groups is 1. The van der Waals surface area contributed by atoms with Crippen LogP contribution in [0.2, 0.25) is 0 Å². The molecule has 120 valence electrons. The highest BCUT2D eigenvalue weighted by atomic mass is 16.5. The maximum atomic E-state index is 12.6. The number of ether oxygens (including phenoxy) is 1. The van der Waals surface area contributed by atoms with Crippen LogP contribution in [-0.4, -0.2) is 21.1 Å². The number of nitrogens with one attached hydrogen (secondary N) is 1. The van der Waals surface area contributed by atoms with E-state index >= 15 is 0 Å². The molecule has 0 bridgehead atoms. The minimum atomic E-state index is -0.112. The van der Waals surface area contributed by atoms with E-state index < -0.39 is 0 Å². The van der Waals surface area contributed by atoms with Crippen molar-refractivity contribution in [3.05, 3.63) is 48.0 Å². The number of para-hydroxylation sites is 1. The van der Waals surface area contributed by atoms with Crippen molar-refractivity contribution in [2.75, 3.05) is 0 Å². The molecule has 1 aliphatic heterocycles. The summed E-state index contributed by atoms with van der Waals surface area (Å²) >= 11 is 0. The van der Waals surface area contributed by atoms with Crippen molar-refractivity contribution in [2.45, 2.75) is 43.7 Å². The van der Waals surface area contributed by atoms with Gasteiger partial charge in [-0.2, -0.15) is 0 Å². The Morgan fingerprint density at radius 3 is 2.87 bits per heavy atom. The Hall–Kier alpha value is -2.30. The van der Waals surface area contributed by atoms with Crippen LogP contribution in [0, 0.1) is 0 Å². The molecule has 1 spiro atoms. The molecule has 2 heterocycles. The van der Waals surface area contributed by atoms with Gasteiger partial charge in [0.1, 0.15) is 17.0 Å². The maximum Gasteiger partial charge on any atom is 0.270 e. The quantitative estimate of drug-likeness (QED) is 0.927. The molecule has 23 heavy (non-hydrogen) atoms. The Labute approximate surface area is 135 Å². The summed E-state index contributed by atoms with van der Waals surface area (Å²) < 4.78 is 8.08. The number of hydrogen-bond acceptors (Lipinski definition) is 3. The summed E-state index contributed by atoms with van der Waals surface area (Å²) in [5.74, 6) is 0.829. The van der Waals surface area contributed by atoms with E-state index in [0.29, 0.717) is 5.69 Å². The summed E-state index contributed by atoms with van der Waals surface area (Å²) in [6.45, 7) is 0. The van der Waals surface area contributed by atoms with E-state index in [9.17, 15) is 4.79 Å². The molecule has 1 aliphatic carbocycles. The van der Waals surface area contributed by atoms with Crippen LogP contribution in [0.5, 0.6) is 5.75 Å². The SMILES string of the molecule is Cn1cncc1C(=O)N[C@@H]1CC2(CCCC2)Oc2ccccc21. The third-order valence-corrected chi connectivity index (χ3v) is 5.07. The fourth-order valence-electron chi connectivity index (χ4n) is 3.88. The smallest absolute Gasteiger partial charge is 0.270 e. The zero-order chi connectivity index (χ0) is 15.9. The molecule has 0 radical (unpaired) electrons. The fourth-order valence-corrected chi connectivity index (χ4v) is 3.88. The Bertz CT molecular complexity index is 731. The predicted octanol–water partition coefficient (Wildman–Crippen LogP) is 2.99. The van der Waals surface area contributed by atoms with E-state index in [1.54, 1.807) is 17.1 Å². The average Bonchev–Trinajstić information content (AvgIpc) is 3.16. The number of aryl methyl sites for hydroxylation is 1. The molecule has 0 unspecified atom stereocenters. The zero-order valence-electron chi connectivity index (χ0n) is 13.3. The van der Waals surface area contributed by atoms with Crippen molar-refractivity contribution >= 4 is 5.91 Å². The van der Waals surface area contributed by atoms with Crippen molar-refractivity contribution in [3.8, 4) is 5.75 Å². The monoisotopic (exact) mass is 311 g/mol. The van der Waals surface area contributed by atoms with Gasteiger partial charge >= 0.3 is 0 Å². The molecule has 1 fully saturated rings. The number of aromatic nitrogens is 2. The summed E-state index contributed by atoms with van der Waals surface area (Å²) in [6.07, 6.45) is 8.62. The number of nitrogens with zero attached hydrogens (tertiary/aromatic N) is 2. The number of fused-ring (bicyclic) bond motifs is 1. The number of amides is 1. The van der Waals surface area contributed by atoms with Gasteiger partial charge in [-0.25, -0.2) is 4.98 Å². The number of hydrogen-bond donors (Lipinski definition) is 1. The second-order valence-corrected chi connectivity index (χ2v) is 6.65. The van der Waals surface area contributed by atoms with Crippen molar-refractivity contribution in [1.29, 1.82) is 0 Å². The lowest BCUT2D eigenvalue weighted by Crippen LogP contribution is -2.43. The van der Waals surface area contributed by atoms with E-state index in [0.717, 1.165) is 30.6 Å². The van der Waals surface area contributed by atoms with Gasteiger partial charge in [0.25, 0.3) is 5.91 Å². The van der Waals surface area contributed by atoms with Crippen LogP contribution in [-0.2, 0) is 7.05 Å². The largest absolute Gasteiger partial charge is 0.487 e. The second-order valence-electron chi connectivity index (χ2n) is 6.65. The minimum absolute atomic E-state index is 0.0135. The highest BCUT2D eigenvalue weighted by molar-refractivity contribution is 5.92. The highest BCUT2D eigenvalue weighted by Gasteiger charge is 2.43. The summed E-state index contributed by atoms with van der Waals surface area (Å²) in [4.78, 5) is 16.6. The van der Waals surface area contributed by atoms with Gasteiger partial charge in [0.05, 0.1) is 18.6 Å². The Kier molecular flexibility index (Phi) is 3.36. The van der Waals surface area contributed by atoms with E-state index in [-0.39, 0.29) is 17.6 Å². The summed E-state index contributed by atoms with van der Waals surface area (Å²) in [7, 11) is 1.83. The second kappa shape index (κ2) is 5.41. The number of benzene rings is 1. The Morgan fingerprint density at radius 1 is 1.35 bits per heavy atom. The molecule has 1 saturated carbocycles.